The predicted molar refractivity (Wildman–Crippen MR) is 54.3 cm³/mol. The van der Waals surface area contributed by atoms with Gasteiger partial charge in [-0.15, -0.1) is 0 Å². The van der Waals surface area contributed by atoms with Crippen LogP contribution in [-0.2, 0) is 4.74 Å². The Morgan fingerprint density at radius 2 is 2.35 bits per heavy atom. The van der Waals surface area contributed by atoms with Gasteiger partial charge >= 0.3 is 5.97 Å². The molecule has 0 atom stereocenters. The Labute approximate surface area is 95.8 Å². The summed E-state index contributed by atoms with van der Waals surface area (Å²) in [5.41, 5.74) is 3.61. The molecule has 0 aromatic carbocycles. The summed E-state index contributed by atoms with van der Waals surface area (Å²) in [5, 5.41) is 8.66. The van der Waals surface area contributed by atoms with Gasteiger partial charge in [-0.1, -0.05) is 0 Å². The maximum Gasteiger partial charge on any atom is 0.357 e. The van der Waals surface area contributed by atoms with E-state index in [0.29, 0.717) is 0 Å². The van der Waals surface area contributed by atoms with Crippen molar-refractivity contribution in [3.05, 3.63) is 23.0 Å². The second-order valence-electron chi connectivity index (χ2n) is 2.99. The number of carbonyl (C=O) groups is 1. The zero-order chi connectivity index (χ0) is 13.0. The van der Waals surface area contributed by atoms with Gasteiger partial charge in [-0.05, 0) is 13.0 Å². The number of ether oxygens (including phenoxy) is 1. The Balaban J connectivity index is 3.30. The van der Waals surface area contributed by atoms with Gasteiger partial charge in [0.1, 0.15) is 17.3 Å². The third kappa shape index (κ3) is 2.66. The number of aromatic nitrogens is 1. The van der Waals surface area contributed by atoms with Crippen molar-refractivity contribution < 1.29 is 18.3 Å². The Hall–Kier alpha value is -2.23. The molecule has 0 aliphatic heterocycles. The normalized spacial score (nSPS) is 10.1. The minimum atomic E-state index is -2.98. The number of nitrogens with zero attached hydrogens (tertiary/aromatic N) is 2. The standard InChI is InChI=1S/C10H9F2N3O2/c1-2-17-10(16)7-3-6(14)5(4-13)8(15-7)9(11)12/h3,9H,2H2,1H3,(H2,14,15). The highest BCUT2D eigenvalue weighted by molar-refractivity contribution is 5.88. The van der Waals surface area contributed by atoms with Gasteiger partial charge in [-0.3, -0.25) is 0 Å². The summed E-state index contributed by atoms with van der Waals surface area (Å²) in [6, 6.07) is 2.57. The number of alkyl halides is 2. The molecular formula is C10H9F2N3O2. The average Bonchev–Trinajstić information content (AvgIpc) is 2.28. The summed E-state index contributed by atoms with van der Waals surface area (Å²) in [6.45, 7) is 1.66. The van der Waals surface area contributed by atoms with Gasteiger partial charge in [-0.25, -0.2) is 18.6 Å². The van der Waals surface area contributed by atoms with E-state index in [0.717, 1.165) is 6.07 Å². The summed E-state index contributed by atoms with van der Waals surface area (Å²) < 4.78 is 29.8. The molecule has 1 heterocycles. The van der Waals surface area contributed by atoms with Crippen molar-refractivity contribution in [3.8, 4) is 6.07 Å². The quantitative estimate of drug-likeness (QED) is 0.812. The molecule has 0 amide bonds. The minimum Gasteiger partial charge on any atom is -0.461 e. The topological polar surface area (TPSA) is 89.0 Å². The van der Waals surface area contributed by atoms with Crippen LogP contribution in [0, 0.1) is 11.3 Å². The Kier molecular flexibility index (Phi) is 3.93. The van der Waals surface area contributed by atoms with Crippen LogP contribution in [0.15, 0.2) is 6.07 Å². The van der Waals surface area contributed by atoms with Crippen molar-refractivity contribution in [3.63, 3.8) is 0 Å². The number of pyridine rings is 1. The van der Waals surface area contributed by atoms with Gasteiger partial charge < -0.3 is 10.5 Å². The van der Waals surface area contributed by atoms with E-state index in [1.165, 1.54) is 6.07 Å². The molecule has 7 heteroatoms. The van der Waals surface area contributed by atoms with E-state index in [4.69, 9.17) is 11.0 Å². The first-order chi connectivity index (χ1) is 8.01. The lowest BCUT2D eigenvalue weighted by molar-refractivity contribution is 0.0518. The fourth-order valence-electron chi connectivity index (χ4n) is 1.17. The van der Waals surface area contributed by atoms with Gasteiger partial charge in [0, 0.05) is 0 Å². The van der Waals surface area contributed by atoms with Crippen LogP contribution in [0.1, 0.15) is 35.1 Å². The molecule has 1 aromatic rings. The van der Waals surface area contributed by atoms with Crippen molar-refractivity contribution in [1.82, 2.24) is 4.98 Å². The number of nitriles is 1. The fraction of sp³-hybridized carbons (Fsp3) is 0.300. The lowest BCUT2D eigenvalue weighted by atomic mass is 10.1. The number of hydrogen-bond acceptors (Lipinski definition) is 5. The third-order valence-corrected chi connectivity index (χ3v) is 1.88. The first-order valence-corrected chi connectivity index (χ1v) is 4.67. The molecule has 0 radical (unpaired) electrons. The smallest absolute Gasteiger partial charge is 0.357 e. The number of anilines is 1. The molecule has 0 aliphatic rings. The number of carbonyl (C=O) groups excluding carboxylic acids is 1. The average molecular weight is 241 g/mol. The van der Waals surface area contributed by atoms with E-state index in [1.807, 2.05) is 0 Å². The van der Waals surface area contributed by atoms with E-state index < -0.39 is 23.7 Å². The Morgan fingerprint density at radius 1 is 1.71 bits per heavy atom. The molecule has 0 spiro atoms. The highest BCUT2D eigenvalue weighted by Crippen LogP contribution is 2.25. The largest absolute Gasteiger partial charge is 0.461 e. The fourth-order valence-corrected chi connectivity index (χ4v) is 1.17. The first kappa shape index (κ1) is 12.8. The number of hydrogen-bond donors (Lipinski definition) is 1. The van der Waals surface area contributed by atoms with Crippen molar-refractivity contribution in [2.75, 3.05) is 12.3 Å². The van der Waals surface area contributed by atoms with E-state index in [2.05, 4.69) is 9.72 Å². The van der Waals surface area contributed by atoms with E-state index >= 15 is 0 Å². The highest BCUT2D eigenvalue weighted by atomic mass is 19.3. The van der Waals surface area contributed by atoms with Crippen molar-refractivity contribution in [2.45, 2.75) is 13.3 Å². The summed E-state index contributed by atoms with van der Waals surface area (Å²) in [6.07, 6.45) is -2.98. The van der Waals surface area contributed by atoms with Crippen LogP contribution in [0.25, 0.3) is 0 Å². The van der Waals surface area contributed by atoms with Gasteiger partial charge in [0.05, 0.1) is 12.3 Å². The zero-order valence-corrected chi connectivity index (χ0v) is 8.91. The second kappa shape index (κ2) is 5.21. The van der Waals surface area contributed by atoms with E-state index in [1.54, 1.807) is 6.92 Å². The lowest BCUT2D eigenvalue weighted by Crippen LogP contribution is -2.11. The maximum atomic E-state index is 12.6. The first-order valence-electron chi connectivity index (χ1n) is 4.67. The van der Waals surface area contributed by atoms with Gasteiger partial charge in [-0.2, -0.15) is 5.26 Å². The van der Waals surface area contributed by atoms with Crippen LogP contribution in [-0.4, -0.2) is 17.6 Å². The summed E-state index contributed by atoms with van der Waals surface area (Å²) in [7, 11) is 0. The van der Waals surface area contributed by atoms with E-state index in [9.17, 15) is 13.6 Å². The number of esters is 1. The molecule has 5 nitrogen and oxygen atoms in total. The summed E-state index contributed by atoms with van der Waals surface area (Å²) >= 11 is 0. The Bertz CT molecular complexity index is 483. The van der Waals surface area contributed by atoms with Gasteiger partial charge in [0.2, 0.25) is 0 Å². The third-order valence-electron chi connectivity index (χ3n) is 1.88. The van der Waals surface area contributed by atoms with Crippen LogP contribution >= 0.6 is 0 Å². The highest BCUT2D eigenvalue weighted by Gasteiger charge is 2.21. The van der Waals surface area contributed by atoms with Gasteiger partial charge in [0.25, 0.3) is 6.43 Å². The minimum absolute atomic E-state index is 0.0877. The van der Waals surface area contributed by atoms with Crippen LogP contribution in [0.3, 0.4) is 0 Å². The number of rotatable bonds is 3. The molecule has 90 valence electrons. The van der Waals surface area contributed by atoms with Crippen LogP contribution in [0.2, 0.25) is 0 Å². The van der Waals surface area contributed by atoms with E-state index in [-0.39, 0.29) is 18.0 Å². The number of nitrogens with two attached hydrogens (primary N) is 1. The molecule has 0 aliphatic carbocycles. The second-order valence-corrected chi connectivity index (χ2v) is 2.99. The van der Waals surface area contributed by atoms with Crippen LogP contribution < -0.4 is 5.73 Å². The van der Waals surface area contributed by atoms with Gasteiger partial charge in [0.15, 0.2) is 5.69 Å². The lowest BCUT2D eigenvalue weighted by Gasteiger charge is -2.08. The molecule has 1 aromatic heterocycles. The molecule has 0 fully saturated rings. The zero-order valence-electron chi connectivity index (χ0n) is 8.91. The number of halogens is 2. The molecule has 0 saturated carbocycles. The van der Waals surface area contributed by atoms with Crippen molar-refractivity contribution in [1.29, 1.82) is 5.26 Å². The van der Waals surface area contributed by atoms with Crippen LogP contribution in [0.4, 0.5) is 14.5 Å². The summed E-state index contributed by atoms with van der Waals surface area (Å²) in [5.74, 6) is -0.856. The molecule has 2 N–H and O–H groups in total. The monoisotopic (exact) mass is 241 g/mol. The number of nitrogen functional groups attached to an aromatic ring is 1. The molecule has 1 rings (SSSR count). The molecule has 17 heavy (non-hydrogen) atoms. The molecule has 0 saturated heterocycles. The van der Waals surface area contributed by atoms with Crippen molar-refractivity contribution >= 4 is 11.7 Å². The van der Waals surface area contributed by atoms with Crippen molar-refractivity contribution in [2.24, 2.45) is 0 Å². The molecular weight excluding hydrogens is 232 g/mol. The predicted octanol–water partition coefficient (Wildman–Crippen LogP) is 1.65. The van der Waals surface area contributed by atoms with Crippen LogP contribution in [0.5, 0.6) is 0 Å². The maximum absolute atomic E-state index is 12.6. The molecule has 0 unspecified atom stereocenters. The molecule has 0 bridgehead atoms. The Morgan fingerprint density at radius 3 is 2.82 bits per heavy atom. The summed E-state index contributed by atoms with van der Waals surface area (Å²) in [4.78, 5) is 14.7. The SMILES string of the molecule is CCOC(=O)c1cc(N)c(C#N)c(C(F)F)n1.